The van der Waals surface area contributed by atoms with Gasteiger partial charge in [-0.15, -0.1) is 0 Å². The van der Waals surface area contributed by atoms with Gasteiger partial charge in [-0.3, -0.25) is 4.98 Å². The topological polar surface area (TPSA) is 51.6 Å². The fraction of sp³-hybridized carbons (Fsp3) is 0.0698. The SMILES string of the molecule is CC1(C)c2ccccc2-c2cccc(-c3nc(-c4ccccc4)nc(-c4ccc5ccc(-c6ccc7ncccc7c6)cc5c4)n3)c21. The molecular formula is C43H30N4. The summed E-state index contributed by atoms with van der Waals surface area (Å²) in [6.45, 7) is 4.60. The number of nitrogens with zero attached hydrogens (tertiary/aromatic N) is 4. The van der Waals surface area contributed by atoms with Gasteiger partial charge in [-0.2, -0.15) is 0 Å². The Hall–Kier alpha value is -6.00. The second-order valence-corrected chi connectivity index (χ2v) is 12.8. The van der Waals surface area contributed by atoms with E-state index in [1.165, 1.54) is 22.3 Å². The third kappa shape index (κ3) is 4.52. The zero-order valence-corrected chi connectivity index (χ0v) is 26.1. The van der Waals surface area contributed by atoms with Crippen LogP contribution >= 0.6 is 0 Å². The third-order valence-corrected chi connectivity index (χ3v) is 9.52. The Morgan fingerprint density at radius 1 is 0.426 bits per heavy atom. The van der Waals surface area contributed by atoms with Crippen LogP contribution in [0.1, 0.15) is 25.0 Å². The second kappa shape index (κ2) is 10.5. The summed E-state index contributed by atoms with van der Waals surface area (Å²) in [7, 11) is 0. The molecule has 47 heavy (non-hydrogen) atoms. The van der Waals surface area contributed by atoms with E-state index in [0.717, 1.165) is 49.5 Å². The highest BCUT2D eigenvalue weighted by atomic mass is 15.0. The zero-order chi connectivity index (χ0) is 31.5. The number of benzene rings is 6. The van der Waals surface area contributed by atoms with Crippen molar-refractivity contribution in [2.24, 2.45) is 0 Å². The summed E-state index contributed by atoms with van der Waals surface area (Å²) >= 11 is 0. The van der Waals surface area contributed by atoms with Crippen molar-refractivity contribution in [1.29, 1.82) is 0 Å². The van der Waals surface area contributed by atoms with Crippen LogP contribution in [0.15, 0.2) is 146 Å². The lowest BCUT2D eigenvalue weighted by atomic mass is 9.80. The average molecular weight is 603 g/mol. The minimum atomic E-state index is -0.194. The summed E-state index contributed by atoms with van der Waals surface area (Å²) < 4.78 is 0. The number of pyridine rings is 1. The number of fused-ring (bicyclic) bond motifs is 5. The molecule has 0 saturated heterocycles. The van der Waals surface area contributed by atoms with Gasteiger partial charge >= 0.3 is 0 Å². The smallest absolute Gasteiger partial charge is 0.164 e. The van der Waals surface area contributed by atoms with Gasteiger partial charge in [0.15, 0.2) is 17.5 Å². The fourth-order valence-electron chi connectivity index (χ4n) is 7.20. The summed E-state index contributed by atoms with van der Waals surface area (Å²) in [5.74, 6) is 2.00. The molecular weight excluding hydrogens is 573 g/mol. The molecule has 9 rings (SSSR count). The van der Waals surface area contributed by atoms with Gasteiger partial charge in [-0.05, 0) is 74.5 Å². The Kier molecular flexibility index (Phi) is 6.12. The van der Waals surface area contributed by atoms with Crippen molar-refractivity contribution in [3.8, 4) is 56.4 Å². The highest BCUT2D eigenvalue weighted by molar-refractivity contribution is 5.93. The van der Waals surface area contributed by atoms with E-state index in [1.54, 1.807) is 0 Å². The van der Waals surface area contributed by atoms with Gasteiger partial charge in [-0.25, -0.2) is 15.0 Å². The molecule has 0 bridgehead atoms. The van der Waals surface area contributed by atoms with Gasteiger partial charge in [0.1, 0.15) is 0 Å². The molecule has 4 heteroatoms. The zero-order valence-electron chi connectivity index (χ0n) is 26.1. The van der Waals surface area contributed by atoms with Crippen molar-refractivity contribution in [3.05, 3.63) is 157 Å². The molecule has 0 fully saturated rings. The number of aromatic nitrogens is 4. The predicted octanol–water partition coefficient (Wildman–Crippen LogP) is 10.5. The van der Waals surface area contributed by atoms with Crippen LogP contribution in [0.3, 0.4) is 0 Å². The molecule has 0 amide bonds. The first-order valence-corrected chi connectivity index (χ1v) is 16.0. The molecule has 1 aliphatic rings. The first kappa shape index (κ1) is 27.3. The van der Waals surface area contributed by atoms with Crippen molar-refractivity contribution in [2.75, 3.05) is 0 Å². The van der Waals surface area contributed by atoms with E-state index in [0.29, 0.717) is 17.5 Å². The summed E-state index contributed by atoms with van der Waals surface area (Å²) in [6, 6.07) is 49.0. The minimum Gasteiger partial charge on any atom is -0.256 e. The normalized spacial score (nSPS) is 13.1. The molecule has 0 spiro atoms. The van der Waals surface area contributed by atoms with E-state index < -0.39 is 0 Å². The summed E-state index contributed by atoms with van der Waals surface area (Å²) in [6.07, 6.45) is 1.83. The van der Waals surface area contributed by atoms with Crippen LogP contribution in [0.4, 0.5) is 0 Å². The highest BCUT2D eigenvalue weighted by Gasteiger charge is 2.38. The van der Waals surface area contributed by atoms with Gasteiger partial charge in [0, 0.05) is 33.7 Å². The molecule has 0 atom stereocenters. The first-order chi connectivity index (χ1) is 23.0. The van der Waals surface area contributed by atoms with Crippen LogP contribution in [0.2, 0.25) is 0 Å². The monoisotopic (exact) mass is 602 g/mol. The molecule has 4 nitrogen and oxygen atoms in total. The van der Waals surface area contributed by atoms with Crippen molar-refractivity contribution in [1.82, 2.24) is 19.9 Å². The summed E-state index contributed by atoms with van der Waals surface area (Å²) in [5, 5.41) is 3.42. The Morgan fingerprint density at radius 2 is 1.06 bits per heavy atom. The largest absolute Gasteiger partial charge is 0.256 e. The molecule has 8 aromatic rings. The van der Waals surface area contributed by atoms with Gasteiger partial charge in [-0.1, -0.05) is 123 Å². The third-order valence-electron chi connectivity index (χ3n) is 9.52. The Balaban J connectivity index is 1.21. The van der Waals surface area contributed by atoms with Gasteiger partial charge in [0.05, 0.1) is 5.52 Å². The average Bonchev–Trinajstić information content (AvgIpc) is 3.37. The minimum absolute atomic E-state index is 0.194. The van der Waals surface area contributed by atoms with E-state index in [1.807, 2.05) is 30.5 Å². The highest BCUT2D eigenvalue weighted by Crippen LogP contribution is 2.51. The molecule has 2 aromatic heterocycles. The van der Waals surface area contributed by atoms with Crippen molar-refractivity contribution >= 4 is 21.7 Å². The van der Waals surface area contributed by atoms with Crippen molar-refractivity contribution in [2.45, 2.75) is 19.3 Å². The lowest BCUT2D eigenvalue weighted by Crippen LogP contribution is -2.17. The van der Waals surface area contributed by atoms with Crippen LogP contribution in [0, 0.1) is 0 Å². The maximum atomic E-state index is 5.20. The first-order valence-electron chi connectivity index (χ1n) is 16.0. The maximum absolute atomic E-state index is 5.20. The van der Waals surface area contributed by atoms with Crippen LogP contribution < -0.4 is 0 Å². The van der Waals surface area contributed by atoms with E-state index in [9.17, 15) is 0 Å². The molecule has 222 valence electrons. The predicted molar refractivity (Wildman–Crippen MR) is 192 cm³/mol. The van der Waals surface area contributed by atoms with Crippen LogP contribution in [-0.4, -0.2) is 19.9 Å². The number of hydrogen-bond acceptors (Lipinski definition) is 4. The fourth-order valence-corrected chi connectivity index (χ4v) is 7.20. The van der Waals surface area contributed by atoms with E-state index >= 15 is 0 Å². The quantitative estimate of drug-likeness (QED) is 0.201. The molecule has 1 aliphatic carbocycles. The van der Waals surface area contributed by atoms with Gasteiger partial charge < -0.3 is 0 Å². The van der Waals surface area contributed by atoms with Crippen molar-refractivity contribution in [3.63, 3.8) is 0 Å². The Morgan fingerprint density at radius 3 is 1.91 bits per heavy atom. The van der Waals surface area contributed by atoms with Crippen LogP contribution in [-0.2, 0) is 5.41 Å². The number of hydrogen-bond donors (Lipinski definition) is 0. The maximum Gasteiger partial charge on any atom is 0.164 e. The van der Waals surface area contributed by atoms with E-state index in [-0.39, 0.29) is 5.41 Å². The molecule has 0 N–H and O–H groups in total. The standard InChI is InChI=1S/C43H30N4/c1-43(2)37-16-7-6-13-34(37)35-14-8-15-36(39(35)43)42-46-40(28-10-4-3-5-11-28)45-41(47-42)32-20-18-27-17-19-29(25-33(27)26-32)30-21-22-38-31(24-30)12-9-23-44-38/h3-26H,1-2H3. The molecule has 2 heterocycles. The Labute approximate surface area is 273 Å². The summed E-state index contributed by atoms with van der Waals surface area (Å²) in [5.41, 5.74) is 11.2. The van der Waals surface area contributed by atoms with E-state index in [4.69, 9.17) is 15.0 Å². The number of rotatable bonds is 4. The van der Waals surface area contributed by atoms with Gasteiger partial charge in [0.2, 0.25) is 0 Å². The molecule has 0 saturated carbocycles. The molecule has 6 aromatic carbocycles. The Bertz CT molecular complexity index is 2500. The lowest BCUT2D eigenvalue weighted by molar-refractivity contribution is 0.661. The lowest BCUT2D eigenvalue weighted by Gasteiger charge is -2.24. The molecule has 0 radical (unpaired) electrons. The van der Waals surface area contributed by atoms with E-state index in [2.05, 4.69) is 134 Å². The second-order valence-electron chi connectivity index (χ2n) is 12.8. The summed E-state index contributed by atoms with van der Waals surface area (Å²) in [4.78, 5) is 19.9. The molecule has 0 unspecified atom stereocenters. The molecule has 0 aliphatic heterocycles. The van der Waals surface area contributed by atoms with Gasteiger partial charge in [0.25, 0.3) is 0 Å². The van der Waals surface area contributed by atoms with Crippen molar-refractivity contribution < 1.29 is 0 Å². The van der Waals surface area contributed by atoms with Crippen LogP contribution in [0.5, 0.6) is 0 Å². The van der Waals surface area contributed by atoms with Crippen LogP contribution in [0.25, 0.3) is 78.1 Å².